The minimum atomic E-state index is -4.52. The maximum absolute atomic E-state index is 12.8. The van der Waals surface area contributed by atoms with Gasteiger partial charge in [0, 0.05) is 11.4 Å². The molecule has 2 N–H and O–H groups in total. The maximum atomic E-state index is 12.8. The summed E-state index contributed by atoms with van der Waals surface area (Å²) in [6, 6.07) is 9.36. The quantitative estimate of drug-likeness (QED) is 0.665. The van der Waals surface area contributed by atoms with E-state index in [0.29, 0.717) is 0 Å². The normalized spacial score (nSPS) is 11.2. The Balaban J connectivity index is 2.16. The van der Waals surface area contributed by atoms with E-state index in [1.165, 1.54) is 12.1 Å². The molecular weight excluding hydrogens is 345 g/mol. The van der Waals surface area contributed by atoms with Gasteiger partial charge in [-0.15, -0.1) is 0 Å². The summed E-state index contributed by atoms with van der Waals surface area (Å²) < 4.78 is 38.5. The van der Waals surface area contributed by atoms with Crippen LogP contribution in [-0.2, 0) is 6.18 Å². The van der Waals surface area contributed by atoms with Crippen LogP contribution in [-0.4, -0.2) is 5.11 Å². The lowest BCUT2D eigenvalue weighted by Crippen LogP contribution is -2.20. The SMILES string of the molecule is Cc1ccc(C)c(NC(=S)Nc2ccc(Cl)c(C(F)(F)F)c2)c1. The van der Waals surface area contributed by atoms with Gasteiger partial charge < -0.3 is 10.6 Å². The number of hydrogen-bond donors (Lipinski definition) is 2. The van der Waals surface area contributed by atoms with Gasteiger partial charge in [0.1, 0.15) is 0 Å². The molecule has 7 heteroatoms. The molecular formula is C16H14ClF3N2S. The van der Waals surface area contributed by atoms with E-state index in [9.17, 15) is 13.2 Å². The Kier molecular flexibility index (Phi) is 5.16. The molecule has 0 atom stereocenters. The number of aryl methyl sites for hydroxylation is 2. The molecule has 0 aliphatic heterocycles. The minimum Gasteiger partial charge on any atom is -0.332 e. The van der Waals surface area contributed by atoms with Crippen molar-refractivity contribution in [3.8, 4) is 0 Å². The second-order valence-electron chi connectivity index (χ2n) is 5.09. The summed E-state index contributed by atoms with van der Waals surface area (Å²) in [5.41, 5.74) is 2.13. The van der Waals surface area contributed by atoms with Crippen LogP contribution in [0.5, 0.6) is 0 Å². The van der Waals surface area contributed by atoms with Crippen LogP contribution < -0.4 is 10.6 Å². The van der Waals surface area contributed by atoms with Crippen LogP contribution in [0.15, 0.2) is 36.4 Å². The van der Waals surface area contributed by atoms with Crippen LogP contribution >= 0.6 is 23.8 Å². The predicted octanol–water partition coefficient (Wildman–Crippen LogP) is 5.78. The Hall–Kier alpha value is -1.79. The molecule has 0 saturated carbocycles. The van der Waals surface area contributed by atoms with Gasteiger partial charge in [-0.25, -0.2) is 0 Å². The second-order valence-corrected chi connectivity index (χ2v) is 5.91. The lowest BCUT2D eigenvalue weighted by atomic mass is 10.1. The van der Waals surface area contributed by atoms with Crippen molar-refractivity contribution in [1.29, 1.82) is 0 Å². The third-order valence-corrected chi connectivity index (χ3v) is 3.70. The number of benzene rings is 2. The summed E-state index contributed by atoms with van der Waals surface area (Å²) in [5, 5.41) is 5.57. The zero-order valence-electron chi connectivity index (χ0n) is 12.4. The summed E-state index contributed by atoms with van der Waals surface area (Å²) in [5.74, 6) is 0. The first-order valence-electron chi connectivity index (χ1n) is 6.69. The lowest BCUT2D eigenvalue weighted by Gasteiger charge is -2.15. The standard InChI is InChI=1S/C16H14ClF3N2S/c1-9-3-4-10(2)14(7-9)22-15(23)21-11-5-6-13(17)12(8-11)16(18,19)20/h3-8H,1-2H3,(H2,21,22,23). The smallest absolute Gasteiger partial charge is 0.332 e. The highest BCUT2D eigenvalue weighted by Gasteiger charge is 2.33. The molecule has 2 aromatic rings. The van der Waals surface area contributed by atoms with Crippen LogP contribution in [0.25, 0.3) is 0 Å². The van der Waals surface area contributed by atoms with Gasteiger partial charge in [0.15, 0.2) is 5.11 Å². The molecule has 2 aromatic carbocycles. The van der Waals surface area contributed by atoms with E-state index in [1.54, 1.807) is 0 Å². The molecule has 0 aliphatic carbocycles. The molecule has 0 bridgehead atoms. The number of hydrogen-bond acceptors (Lipinski definition) is 1. The molecule has 0 aromatic heterocycles. The molecule has 2 nitrogen and oxygen atoms in total. The highest BCUT2D eigenvalue weighted by Crippen LogP contribution is 2.36. The van der Waals surface area contributed by atoms with Gasteiger partial charge in [-0.3, -0.25) is 0 Å². The maximum Gasteiger partial charge on any atom is 0.417 e. The molecule has 0 heterocycles. The minimum absolute atomic E-state index is 0.203. The molecule has 0 fully saturated rings. The predicted molar refractivity (Wildman–Crippen MR) is 92.2 cm³/mol. The second kappa shape index (κ2) is 6.76. The summed E-state index contributed by atoms with van der Waals surface area (Å²) in [4.78, 5) is 0. The van der Waals surface area contributed by atoms with Crippen LogP contribution in [0.4, 0.5) is 24.5 Å². The number of anilines is 2. The first kappa shape index (κ1) is 17.6. The van der Waals surface area contributed by atoms with E-state index < -0.39 is 11.7 Å². The average Bonchev–Trinajstić information content (AvgIpc) is 2.44. The zero-order valence-corrected chi connectivity index (χ0v) is 14.0. The van der Waals surface area contributed by atoms with E-state index in [1.807, 2.05) is 32.0 Å². The Morgan fingerprint density at radius 2 is 1.74 bits per heavy atom. The van der Waals surface area contributed by atoms with Crippen molar-refractivity contribution in [2.75, 3.05) is 10.6 Å². The fraction of sp³-hybridized carbons (Fsp3) is 0.188. The highest BCUT2D eigenvalue weighted by atomic mass is 35.5. The van der Waals surface area contributed by atoms with Crippen molar-refractivity contribution in [2.45, 2.75) is 20.0 Å². The summed E-state index contributed by atoms with van der Waals surface area (Å²) in [6.07, 6.45) is -4.52. The number of rotatable bonds is 2. The monoisotopic (exact) mass is 358 g/mol. The molecule has 0 aliphatic rings. The molecule has 0 saturated heterocycles. The molecule has 23 heavy (non-hydrogen) atoms. The average molecular weight is 359 g/mol. The van der Waals surface area contributed by atoms with Gasteiger partial charge in [-0.05, 0) is 61.5 Å². The van der Waals surface area contributed by atoms with Gasteiger partial charge in [0.2, 0.25) is 0 Å². The van der Waals surface area contributed by atoms with Crippen molar-refractivity contribution in [2.24, 2.45) is 0 Å². The van der Waals surface area contributed by atoms with Crippen LogP contribution in [0, 0.1) is 13.8 Å². The molecule has 2 rings (SSSR count). The van der Waals surface area contributed by atoms with Gasteiger partial charge >= 0.3 is 6.18 Å². The van der Waals surface area contributed by atoms with Crippen molar-refractivity contribution in [1.82, 2.24) is 0 Å². The topological polar surface area (TPSA) is 24.1 Å². The Morgan fingerprint density at radius 1 is 1.04 bits per heavy atom. The molecule has 0 unspecified atom stereocenters. The number of halogens is 4. The highest BCUT2D eigenvalue weighted by molar-refractivity contribution is 7.80. The Morgan fingerprint density at radius 3 is 2.39 bits per heavy atom. The number of thiocarbonyl (C=S) groups is 1. The van der Waals surface area contributed by atoms with Crippen molar-refractivity contribution >= 4 is 40.3 Å². The first-order chi connectivity index (χ1) is 10.7. The van der Waals surface area contributed by atoms with E-state index in [0.717, 1.165) is 22.9 Å². The fourth-order valence-electron chi connectivity index (χ4n) is 1.98. The van der Waals surface area contributed by atoms with Gasteiger partial charge in [0.05, 0.1) is 10.6 Å². The summed E-state index contributed by atoms with van der Waals surface area (Å²) in [7, 11) is 0. The number of alkyl halides is 3. The fourth-order valence-corrected chi connectivity index (χ4v) is 2.43. The Labute approximate surface area is 142 Å². The summed E-state index contributed by atoms with van der Waals surface area (Å²) >= 11 is 10.7. The van der Waals surface area contributed by atoms with E-state index in [2.05, 4.69) is 10.6 Å². The Bertz CT molecular complexity index is 745. The van der Waals surface area contributed by atoms with Crippen molar-refractivity contribution in [3.63, 3.8) is 0 Å². The van der Waals surface area contributed by atoms with Crippen LogP contribution in [0.2, 0.25) is 5.02 Å². The molecule has 0 amide bonds. The van der Waals surface area contributed by atoms with Crippen LogP contribution in [0.1, 0.15) is 16.7 Å². The van der Waals surface area contributed by atoms with Gasteiger partial charge in [0.25, 0.3) is 0 Å². The van der Waals surface area contributed by atoms with Gasteiger partial charge in [-0.2, -0.15) is 13.2 Å². The third kappa shape index (κ3) is 4.59. The van der Waals surface area contributed by atoms with Crippen LogP contribution in [0.3, 0.4) is 0 Å². The third-order valence-electron chi connectivity index (χ3n) is 3.17. The van der Waals surface area contributed by atoms with E-state index in [4.69, 9.17) is 23.8 Å². The lowest BCUT2D eigenvalue weighted by molar-refractivity contribution is -0.137. The van der Waals surface area contributed by atoms with Gasteiger partial charge in [-0.1, -0.05) is 23.7 Å². The molecule has 0 radical (unpaired) electrons. The zero-order chi connectivity index (χ0) is 17.2. The van der Waals surface area contributed by atoms with E-state index >= 15 is 0 Å². The first-order valence-corrected chi connectivity index (χ1v) is 7.47. The van der Waals surface area contributed by atoms with E-state index in [-0.39, 0.29) is 15.8 Å². The van der Waals surface area contributed by atoms with Crippen molar-refractivity contribution < 1.29 is 13.2 Å². The molecule has 0 spiro atoms. The molecule has 122 valence electrons. The summed E-state index contributed by atoms with van der Waals surface area (Å²) in [6.45, 7) is 3.85. The van der Waals surface area contributed by atoms with Crippen molar-refractivity contribution in [3.05, 3.63) is 58.1 Å². The largest absolute Gasteiger partial charge is 0.417 e. The number of nitrogens with one attached hydrogen (secondary N) is 2.